The number of allylic oxidation sites excluding steroid dienone is 2. The lowest BCUT2D eigenvalue weighted by atomic mass is 9.76. The largest absolute Gasteiger partial charge is 0.343 e. The SMILES string of the molecule is O=C1CCCC2=C1[C@@H](c1ccc(F)cc1)c1c(nc(SCc3ccc([N+](=O)[O-])cc3)[nH]c1=O)N2. The van der Waals surface area contributed by atoms with E-state index in [1.54, 1.807) is 24.3 Å². The number of hydrogen-bond donors (Lipinski definition) is 2. The number of thioether (sulfide) groups is 1. The highest BCUT2D eigenvalue weighted by Crippen LogP contribution is 2.43. The summed E-state index contributed by atoms with van der Waals surface area (Å²) in [4.78, 5) is 43.8. The predicted molar refractivity (Wildman–Crippen MR) is 125 cm³/mol. The van der Waals surface area contributed by atoms with Crippen LogP contribution in [0.15, 0.2) is 69.8 Å². The molecule has 0 bridgehead atoms. The summed E-state index contributed by atoms with van der Waals surface area (Å²) in [6.07, 6.45) is 1.78. The van der Waals surface area contributed by atoms with Crippen LogP contribution in [0.3, 0.4) is 0 Å². The quantitative estimate of drug-likeness (QED) is 0.237. The number of nitro benzene ring substituents is 1. The van der Waals surface area contributed by atoms with Crippen LogP contribution in [0, 0.1) is 15.9 Å². The molecular formula is C24H19FN4O4S. The number of Topliss-reactive ketones (excluding diaryl/α,β-unsaturated/α-hetero) is 1. The standard InChI is InChI=1S/C24H19FN4O4S/c25-15-8-6-14(7-9-15)19-20-17(2-1-3-18(20)30)26-22-21(19)23(31)28-24(27-22)34-12-13-4-10-16(11-5-13)29(32)33/h4-11,19H,1-3,12H2,(H2,26,27,28,31)/t19-/m1/s1. The van der Waals surface area contributed by atoms with E-state index in [2.05, 4.69) is 15.3 Å². The van der Waals surface area contributed by atoms with Gasteiger partial charge in [-0.05, 0) is 36.1 Å². The van der Waals surface area contributed by atoms with Crippen molar-refractivity contribution in [2.75, 3.05) is 5.32 Å². The first-order valence-corrected chi connectivity index (χ1v) is 11.7. The second kappa shape index (κ2) is 8.86. The number of ketones is 1. The van der Waals surface area contributed by atoms with E-state index in [9.17, 15) is 24.1 Å². The summed E-state index contributed by atoms with van der Waals surface area (Å²) >= 11 is 1.29. The van der Waals surface area contributed by atoms with Crippen molar-refractivity contribution in [1.29, 1.82) is 0 Å². The number of fused-ring (bicyclic) bond motifs is 1. The fourth-order valence-corrected chi connectivity index (χ4v) is 5.18. The van der Waals surface area contributed by atoms with Crippen LogP contribution in [0.2, 0.25) is 0 Å². The molecule has 0 unspecified atom stereocenters. The Morgan fingerprint density at radius 3 is 2.53 bits per heavy atom. The summed E-state index contributed by atoms with van der Waals surface area (Å²) in [6.45, 7) is 0. The highest BCUT2D eigenvalue weighted by molar-refractivity contribution is 7.98. The second-order valence-electron chi connectivity index (χ2n) is 8.12. The number of aromatic nitrogens is 2. The minimum Gasteiger partial charge on any atom is -0.343 e. The van der Waals surface area contributed by atoms with E-state index in [0.717, 1.165) is 11.3 Å². The lowest BCUT2D eigenvalue weighted by molar-refractivity contribution is -0.384. The molecule has 1 aliphatic heterocycles. The summed E-state index contributed by atoms with van der Waals surface area (Å²) < 4.78 is 13.6. The first-order chi connectivity index (χ1) is 16.4. The number of non-ortho nitro benzene ring substituents is 1. The highest BCUT2D eigenvalue weighted by Gasteiger charge is 2.37. The maximum atomic E-state index is 13.6. The van der Waals surface area contributed by atoms with E-state index in [1.807, 2.05) is 0 Å². The molecule has 0 saturated carbocycles. The molecular weight excluding hydrogens is 459 g/mol. The molecule has 0 fully saturated rings. The first kappa shape index (κ1) is 22.0. The third kappa shape index (κ3) is 4.12. The first-order valence-electron chi connectivity index (χ1n) is 10.7. The Hall–Kier alpha value is -3.79. The van der Waals surface area contributed by atoms with E-state index in [0.29, 0.717) is 52.7 Å². The van der Waals surface area contributed by atoms with Gasteiger partial charge in [-0.3, -0.25) is 19.7 Å². The van der Waals surface area contributed by atoms with Crippen molar-refractivity contribution in [2.24, 2.45) is 0 Å². The monoisotopic (exact) mass is 478 g/mol. The Kier molecular flexibility index (Phi) is 5.74. The topological polar surface area (TPSA) is 118 Å². The van der Waals surface area contributed by atoms with Gasteiger partial charge in [0.25, 0.3) is 11.2 Å². The van der Waals surface area contributed by atoms with Gasteiger partial charge in [0.1, 0.15) is 11.6 Å². The molecule has 0 spiro atoms. The van der Waals surface area contributed by atoms with Crippen LogP contribution in [0.5, 0.6) is 0 Å². The maximum absolute atomic E-state index is 13.6. The number of H-pyrrole nitrogens is 1. The maximum Gasteiger partial charge on any atom is 0.269 e. The molecule has 0 saturated heterocycles. The fourth-order valence-electron chi connectivity index (χ4n) is 4.36. The molecule has 2 aromatic carbocycles. The minimum atomic E-state index is -0.621. The number of hydrogen-bond acceptors (Lipinski definition) is 7. The zero-order valence-electron chi connectivity index (χ0n) is 17.8. The van der Waals surface area contributed by atoms with Crippen molar-refractivity contribution in [3.05, 3.63) is 103 Å². The minimum absolute atomic E-state index is 0.0104. The Labute approximate surface area is 197 Å². The molecule has 2 heterocycles. The number of nitrogens with one attached hydrogen (secondary N) is 2. The smallest absolute Gasteiger partial charge is 0.269 e. The molecule has 2 N–H and O–H groups in total. The normalized spacial score (nSPS) is 17.1. The molecule has 34 heavy (non-hydrogen) atoms. The lowest BCUT2D eigenvalue weighted by Crippen LogP contribution is -2.32. The van der Waals surface area contributed by atoms with Crippen LogP contribution in [-0.4, -0.2) is 20.7 Å². The molecule has 0 radical (unpaired) electrons. The van der Waals surface area contributed by atoms with Crippen LogP contribution in [-0.2, 0) is 10.5 Å². The molecule has 5 rings (SSSR count). The van der Waals surface area contributed by atoms with Gasteiger partial charge in [0.2, 0.25) is 0 Å². The van der Waals surface area contributed by atoms with Gasteiger partial charge in [0.15, 0.2) is 10.9 Å². The Morgan fingerprint density at radius 1 is 1.09 bits per heavy atom. The number of anilines is 1. The van der Waals surface area contributed by atoms with Crippen LogP contribution in [0.4, 0.5) is 15.9 Å². The molecule has 0 amide bonds. The average Bonchev–Trinajstić information content (AvgIpc) is 2.82. The van der Waals surface area contributed by atoms with E-state index >= 15 is 0 Å². The van der Waals surface area contributed by atoms with Gasteiger partial charge in [-0.25, -0.2) is 9.37 Å². The average molecular weight is 479 g/mol. The number of nitrogens with zero attached hydrogens (tertiary/aromatic N) is 2. The third-order valence-electron chi connectivity index (χ3n) is 5.96. The van der Waals surface area contributed by atoms with E-state index in [1.165, 1.54) is 36.0 Å². The summed E-state index contributed by atoms with van der Waals surface area (Å²) in [7, 11) is 0. The van der Waals surface area contributed by atoms with Gasteiger partial charge in [-0.2, -0.15) is 0 Å². The number of carbonyl (C=O) groups is 1. The number of carbonyl (C=O) groups excluding carboxylic acids is 1. The molecule has 2 aliphatic rings. The number of aromatic amines is 1. The van der Waals surface area contributed by atoms with Crippen LogP contribution in [0.1, 0.15) is 41.9 Å². The Bertz CT molecular complexity index is 1380. The van der Waals surface area contributed by atoms with Crippen LogP contribution in [0.25, 0.3) is 0 Å². The predicted octanol–water partition coefficient (Wildman–Crippen LogP) is 4.67. The van der Waals surface area contributed by atoms with E-state index < -0.39 is 16.7 Å². The number of nitro groups is 1. The summed E-state index contributed by atoms with van der Waals surface area (Å²) in [5, 5.41) is 14.4. The number of halogens is 1. The van der Waals surface area contributed by atoms with Crippen molar-refractivity contribution in [3.8, 4) is 0 Å². The van der Waals surface area contributed by atoms with Crippen molar-refractivity contribution in [1.82, 2.24) is 9.97 Å². The molecule has 3 aromatic rings. The second-order valence-corrected chi connectivity index (χ2v) is 9.09. The zero-order chi connectivity index (χ0) is 23.8. The lowest BCUT2D eigenvalue weighted by Gasteiger charge is -2.32. The van der Waals surface area contributed by atoms with Crippen LogP contribution >= 0.6 is 11.8 Å². The molecule has 172 valence electrons. The zero-order valence-corrected chi connectivity index (χ0v) is 18.7. The van der Waals surface area contributed by atoms with Gasteiger partial charge >= 0.3 is 0 Å². The van der Waals surface area contributed by atoms with Gasteiger partial charge < -0.3 is 10.3 Å². The van der Waals surface area contributed by atoms with Crippen molar-refractivity contribution in [2.45, 2.75) is 36.1 Å². The summed E-state index contributed by atoms with van der Waals surface area (Å²) in [5.41, 5.74) is 2.77. The highest BCUT2D eigenvalue weighted by atomic mass is 32.2. The Balaban J connectivity index is 1.50. The van der Waals surface area contributed by atoms with Gasteiger partial charge in [0, 0.05) is 41.5 Å². The molecule has 1 aliphatic carbocycles. The molecule has 1 atom stereocenters. The number of benzene rings is 2. The van der Waals surface area contributed by atoms with E-state index in [4.69, 9.17) is 0 Å². The van der Waals surface area contributed by atoms with Gasteiger partial charge in [-0.15, -0.1) is 0 Å². The number of rotatable bonds is 5. The van der Waals surface area contributed by atoms with Crippen LogP contribution < -0.4 is 10.9 Å². The fraction of sp³-hybridized carbons (Fsp3) is 0.208. The van der Waals surface area contributed by atoms with Crippen molar-refractivity contribution < 1.29 is 14.1 Å². The van der Waals surface area contributed by atoms with Crippen molar-refractivity contribution in [3.63, 3.8) is 0 Å². The molecule has 8 nitrogen and oxygen atoms in total. The summed E-state index contributed by atoms with van der Waals surface area (Å²) in [5.74, 6) is -0.202. The molecule has 1 aromatic heterocycles. The van der Waals surface area contributed by atoms with Gasteiger partial charge in [0.05, 0.1) is 10.5 Å². The van der Waals surface area contributed by atoms with Gasteiger partial charge in [-0.1, -0.05) is 36.0 Å². The van der Waals surface area contributed by atoms with Crippen molar-refractivity contribution >= 4 is 29.1 Å². The van der Waals surface area contributed by atoms with E-state index in [-0.39, 0.29) is 17.0 Å². The Morgan fingerprint density at radius 2 is 1.82 bits per heavy atom. The molecule has 10 heteroatoms. The third-order valence-corrected chi connectivity index (χ3v) is 6.91. The summed E-state index contributed by atoms with van der Waals surface area (Å²) in [6, 6.07) is 12.0.